The minimum absolute atomic E-state index is 0.0723. The summed E-state index contributed by atoms with van der Waals surface area (Å²) in [6.07, 6.45) is 0. The molecular weight excluding hydrogens is 308 g/mol. The van der Waals surface area contributed by atoms with Gasteiger partial charge in [-0.05, 0) is 64.8 Å². The van der Waals surface area contributed by atoms with E-state index in [-0.39, 0.29) is 5.84 Å². The topological polar surface area (TPSA) is 67.8 Å². The van der Waals surface area contributed by atoms with Crippen molar-refractivity contribution in [1.82, 2.24) is 0 Å². The minimum Gasteiger partial charge on any atom is -0.456 e. The number of nitrogens with two attached hydrogens (primary N) is 1. The number of rotatable bonds is 3. The molecule has 0 radical (unpaired) electrons. The molecule has 0 atom stereocenters. The molecule has 0 aromatic heterocycles. The lowest BCUT2D eigenvalue weighted by Crippen LogP contribution is -2.12. The lowest BCUT2D eigenvalue weighted by atomic mass is 10.2. The Bertz CT molecular complexity index is 609. The van der Waals surface area contributed by atoms with E-state index < -0.39 is 0 Å². The normalized spacial score (nSPS) is 11.4. The monoisotopic (exact) mass is 320 g/mol. The van der Waals surface area contributed by atoms with Gasteiger partial charge in [0.2, 0.25) is 0 Å². The van der Waals surface area contributed by atoms with Crippen LogP contribution in [0.15, 0.2) is 52.1 Å². The van der Waals surface area contributed by atoms with E-state index in [1.54, 1.807) is 24.3 Å². The smallest absolute Gasteiger partial charge is 0.170 e. The highest BCUT2D eigenvalue weighted by atomic mass is 79.9. The lowest BCUT2D eigenvalue weighted by Gasteiger charge is -2.08. The van der Waals surface area contributed by atoms with Crippen molar-refractivity contribution in [3.05, 3.63) is 58.1 Å². The molecule has 4 nitrogen and oxygen atoms in total. The number of hydrogen-bond acceptors (Lipinski definition) is 3. The summed E-state index contributed by atoms with van der Waals surface area (Å²) in [7, 11) is 0. The van der Waals surface area contributed by atoms with Gasteiger partial charge < -0.3 is 15.7 Å². The molecule has 0 amide bonds. The summed E-state index contributed by atoms with van der Waals surface area (Å²) in [4.78, 5) is 0. The van der Waals surface area contributed by atoms with E-state index in [4.69, 9.17) is 15.7 Å². The molecule has 0 aliphatic heterocycles. The molecule has 0 aliphatic rings. The molecule has 0 fully saturated rings. The van der Waals surface area contributed by atoms with Crippen molar-refractivity contribution in [2.45, 2.75) is 6.92 Å². The summed E-state index contributed by atoms with van der Waals surface area (Å²) < 4.78 is 6.64. The van der Waals surface area contributed by atoms with Crippen molar-refractivity contribution in [3.63, 3.8) is 0 Å². The van der Waals surface area contributed by atoms with Crippen LogP contribution in [0.4, 0.5) is 0 Å². The fourth-order valence-corrected chi connectivity index (χ4v) is 2.14. The van der Waals surface area contributed by atoms with Crippen LogP contribution in [0.25, 0.3) is 0 Å². The fraction of sp³-hybridized carbons (Fsp3) is 0.0714. The fourth-order valence-electron chi connectivity index (χ4n) is 1.57. The van der Waals surface area contributed by atoms with Crippen molar-refractivity contribution < 1.29 is 9.94 Å². The maximum Gasteiger partial charge on any atom is 0.170 e. The summed E-state index contributed by atoms with van der Waals surface area (Å²) in [5.74, 6) is 1.49. The van der Waals surface area contributed by atoms with E-state index in [0.717, 1.165) is 15.8 Å². The Balaban J connectivity index is 2.20. The maximum atomic E-state index is 8.58. The molecule has 19 heavy (non-hydrogen) atoms. The standard InChI is InChI=1S/C14H13BrN2O2/c1-9-2-7-13(12(15)8-9)19-11-5-3-10(4-6-11)14(16)17-18/h2-8,18H,1H3,(H2,16,17). The number of amidine groups is 1. The van der Waals surface area contributed by atoms with Gasteiger partial charge in [0.05, 0.1) is 4.47 Å². The van der Waals surface area contributed by atoms with Crippen LogP contribution in [-0.2, 0) is 0 Å². The molecule has 0 saturated heterocycles. The van der Waals surface area contributed by atoms with Crippen molar-refractivity contribution in [3.8, 4) is 11.5 Å². The molecule has 98 valence electrons. The van der Waals surface area contributed by atoms with Gasteiger partial charge in [0.15, 0.2) is 5.84 Å². The van der Waals surface area contributed by atoms with Crippen LogP contribution in [0, 0.1) is 6.92 Å². The van der Waals surface area contributed by atoms with Crippen LogP contribution in [0.2, 0.25) is 0 Å². The predicted octanol–water partition coefficient (Wildman–Crippen LogP) is 3.64. The molecule has 0 spiro atoms. The molecular formula is C14H13BrN2O2. The number of oxime groups is 1. The molecule has 2 aromatic carbocycles. The van der Waals surface area contributed by atoms with Gasteiger partial charge in [-0.3, -0.25) is 0 Å². The molecule has 0 heterocycles. The number of nitrogens with zero attached hydrogens (tertiary/aromatic N) is 1. The van der Waals surface area contributed by atoms with Gasteiger partial charge in [0.25, 0.3) is 0 Å². The van der Waals surface area contributed by atoms with E-state index in [2.05, 4.69) is 21.1 Å². The van der Waals surface area contributed by atoms with Gasteiger partial charge in [0, 0.05) is 5.56 Å². The zero-order valence-electron chi connectivity index (χ0n) is 10.3. The van der Waals surface area contributed by atoms with Gasteiger partial charge in [-0.25, -0.2) is 0 Å². The van der Waals surface area contributed by atoms with Crippen LogP contribution >= 0.6 is 15.9 Å². The Morgan fingerprint density at radius 3 is 2.47 bits per heavy atom. The van der Waals surface area contributed by atoms with E-state index >= 15 is 0 Å². The highest BCUT2D eigenvalue weighted by Crippen LogP contribution is 2.30. The van der Waals surface area contributed by atoms with Crippen molar-refractivity contribution in [2.24, 2.45) is 10.9 Å². The largest absolute Gasteiger partial charge is 0.456 e. The number of ether oxygens (including phenoxy) is 1. The first-order chi connectivity index (χ1) is 9.10. The Morgan fingerprint density at radius 2 is 1.89 bits per heavy atom. The van der Waals surface area contributed by atoms with Gasteiger partial charge in [-0.15, -0.1) is 0 Å². The van der Waals surface area contributed by atoms with Crippen LogP contribution < -0.4 is 10.5 Å². The average molecular weight is 321 g/mol. The summed E-state index contributed by atoms with van der Waals surface area (Å²) in [5, 5.41) is 11.5. The predicted molar refractivity (Wildman–Crippen MR) is 77.9 cm³/mol. The van der Waals surface area contributed by atoms with Crippen molar-refractivity contribution >= 4 is 21.8 Å². The quantitative estimate of drug-likeness (QED) is 0.392. The number of benzene rings is 2. The summed E-state index contributed by atoms with van der Waals surface area (Å²) in [6, 6.07) is 12.8. The van der Waals surface area contributed by atoms with Gasteiger partial charge in [-0.2, -0.15) is 0 Å². The van der Waals surface area contributed by atoms with Crippen LogP contribution in [0.5, 0.6) is 11.5 Å². The van der Waals surface area contributed by atoms with E-state index in [1.165, 1.54) is 0 Å². The second kappa shape index (κ2) is 5.75. The molecule has 2 rings (SSSR count). The Morgan fingerprint density at radius 1 is 1.21 bits per heavy atom. The maximum absolute atomic E-state index is 8.58. The number of hydrogen-bond donors (Lipinski definition) is 2. The third-order valence-corrected chi connectivity index (χ3v) is 3.19. The zero-order chi connectivity index (χ0) is 13.8. The summed E-state index contributed by atoms with van der Waals surface area (Å²) >= 11 is 3.46. The molecule has 2 aromatic rings. The first-order valence-corrected chi connectivity index (χ1v) is 6.41. The van der Waals surface area contributed by atoms with Crippen molar-refractivity contribution in [1.29, 1.82) is 0 Å². The Hall–Kier alpha value is -2.01. The minimum atomic E-state index is 0.0723. The van der Waals surface area contributed by atoms with E-state index in [9.17, 15) is 0 Å². The summed E-state index contributed by atoms with van der Waals surface area (Å²) in [5.41, 5.74) is 7.28. The molecule has 0 saturated carbocycles. The molecule has 3 N–H and O–H groups in total. The second-order valence-corrected chi connectivity index (χ2v) is 4.90. The van der Waals surface area contributed by atoms with Gasteiger partial charge >= 0.3 is 0 Å². The first kappa shape index (κ1) is 13.4. The molecule has 0 bridgehead atoms. The van der Waals surface area contributed by atoms with E-state index in [1.807, 2.05) is 25.1 Å². The van der Waals surface area contributed by atoms with Crippen LogP contribution in [0.1, 0.15) is 11.1 Å². The van der Waals surface area contributed by atoms with Crippen molar-refractivity contribution in [2.75, 3.05) is 0 Å². The first-order valence-electron chi connectivity index (χ1n) is 5.62. The Kier molecular flexibility index (Phi) is 4.06. The highest BCUT2D eigenvalue weighted by molar-refractivity contribution is 9.10. The zero-order valence-corrected chi connectivity index (χ0v) is 11.9. The third kappa shape index (κ3) is 3.26. The third-order valence-electron chi connectivity index (χ3n) is 2.57. The van der Waals surface area contributed by atoms with Gasteiger partial charge in [-0.1, -0.05) is 11.2 Å². The van der Waals surface area contributed by atoms with E-state index in [0.29, 0.717) is 11.3 Å². The molecule has 0 unspecified atom stereocenters. The average Bonchev–Trinajstić information content (AvgIpc) is 2.42. The Labute approximate surface area is 119 Å². The SMILES string of the molecule is Cc1ccc(Oc2ccc(/C(N)=N/O)cc2)c(Br)c1. The summed E-state index contributed by atoms with van der Waals surface area (Å²) in [6.45, 7) is 2.01. The number of halogens is 1. The molecule has 5 heteroatoms. The number of aryl methyl sites for hydroxylation is 1. The highest BCUT2D eigenvalue weighted by Gasteiger charge is 2.04. The molecule has 0 aliphatic carbocycles. The lowest BCUT2D eigenvalue weighted by molar-refractivity contribution is 0.318. The van der Waals surface area contributed by atoms with Crippen LogP contribution in [0.3, 0.4) is 0 Å². The van der Waals surface area contributed by atoms with Gasteiger partial charge in [0.1, 0.15) is 11.5 Å². The van der Waals surface area contributed by atoms with Crippen LogP contribution in [-0.4, -0.2) is 11.0 Å². The second-order valence-electron chi connectivity index (χ2n) is 4.05.